The minimum Gasteiger partial charge on any atom is -0.387 e. The van der Waals surface area contributed by atoms with Gasteiger partial charge in [-0.2, -0.15) is 10.4 Å². The fourth-order valence-corrected chi connectivity index (χ4v) is 6.85. The minimum atomic E-state index is -4.23. The van der Waals surface area contributed by atoms with Crippen molar-refractivity contribution in [3.05, 3.63) is 59.6 Å². The molecule has 0 amide bonds. The van der Waals surface area contributed by atoms with Crippen LogP contribution in [0.1, 0.15) is 57.1 Å². The number of pyridine rings is 1. The second-order valence-corrected chi connectivity index (χ2v) is 13.7. The average molecular weight is 687 g/mol. The number of nitrogen functional groups attached to an aromatic ring is 1. The Morgan fingerprint density at radius 3 is 2.53 bits per heavy atom. The van der Waals surface area contributed by atoms with E-state index in [0.29, 0.717) is 17.0 Å². The van der Waals surface area contributed by atoms with Gasteiger partial charge in [0.1, 0.15) is 36.2 Å². The van der Waals surface area contributed by atoms with Crippen LogP contribution in [0.15, 0.2) is 48.9 Å². The summed E-state index contributed by atoms with van der Waals surface area (Å²) in [7, 11) is -4.23. The molecule has 1 aromatic carbocycles. The van der Waals surface area contributed by atoms with Gasteiger partial charge in [0.15, 0.2) is 5.82 Å². The summed E-state index contributed by atoms with van der Waals surface area (Å²) < 4.78 is 24.8. The summed E-state index contributed by atoms with van der Waals surface area (Å²) in [6.45, 7) is 0.621. The number of fused-ring (bicyclic) bond motifs is 2. The van der Waals surface area contributed by atoms with E-state index >= 15 is 0 Å². The summed E-state index contributed by atoms with van der Waals surface area (Å²) in [5.74, 6) is 0.155. The van der Waals surface area contributed by atoms with E-state index in [-0.39, 0.29) is 18.1 Å². The number of nitrogens with zero attached hydrogens (tertiary/aromatic N) is 5. The highest BCUT2D eigenvalue weighted by molar-refractivity contribution is 7.50. The van der Waals surface area contributed by atoms with Gasteiger partial charge in [0.05, 0.1) is 17.8 Å². The van der Waals surface area contributed by atoms with Crippen molar-refractivity contribution in [2.45, 2.75) is 75.3 Å². The van der Waals surface area contributed by atoms with Crippen molar-refractivity contribution in [3.8, 4) is 6.07 Å². The summed E-state index contributed by atoms with van der Waals surface area (Å²) in [6.07, 6.45) is 6.62. The first kappa shape index (κ1) is 34.9. The number of unbranched alkanes of at least 4 members (excludes halogenated alkanes) is 7. The first-order valence-corrected chi connectivity index (χ1v) is 17.7. The van der Waals surface area contributed by atoms with Crippen molar-refractivity contribution in [2.24, 2.45) is 0 Å². The minimum absolute atomic E-state index is 0.127. The lowest BCUT2D eigenvalue weighted by Crippen LogP contribution is -2.41. The van der Waals surface area contributed by atoms with E-state index in [9.17, 15) is 24.9 Å². The first-order chi connectivity index (χ1) is 22.6. The number of hydrogen-bond donors (Lipinski definition) is 6. The molecule has 0 spiro atoms. The van der Waals surface area contributed by atoms with Crippen molar-refractivity contribution in [1.29, 1.82) is 5.26 Å². The Kier molecular flexibility index (Phi) is 11.7. The Morgan fingerprint density at radius 1 is 1.06 bits per heavy atom. The molecule has 0 saturated carbocycles. The molecule has 252 valence electrons. The molecule has 16 heteroatoms. The molecular formula is C31H40ClN8O6P. The van der Waals surface area contributed by atoms with Gasteiger partial charge in [-0.15, -0.1) is 0 Å². The zero-order valence-corrected chi connectivity index (χ0v) is 27.5. The molecule has 1 saturated heterocycles. The monoisotopic (exact) mass is 686 g/mol. The normalized spacial score (nSPS) is 22.4. The summed E-state index contributed by atoms with van der Waals surface area (Å²) >= 11 is 6.07. The van der Waals surface area contributed by atoms with Crippen molar-refractivity contribution in [1.82, 2.24) is 24.7 Å². The number of rotatable bonds is 17. The number of aliphatic hydroxyl groups is 2. The van der Waals surface area contributed by atoms with E-state index in [1.165, 1.54) is 16.9 Å². The molecule has 1 aliphatic heterocycles. The molecule has 0 radical (unpaired) electrons. The van der Waals surface area contributed by atoms with Crippen LogP contribution in [0.2, 0.25) is 5.02 Å². The van der Waals surface area contributed by atoms with Crippen LogP contribution in [0.4, 0.5) is 11.5 Å². The van der Waals surface area contributed by atoms with Gasteiger partial charge in [-0.25, -0.2) is 19.2 Å². The van der Waals surface area contributed by atoms with Crippen molar-refractivity contribution in [3.63, 3.8) is 0 Å². The van der Waals surface area contributed by atoms with E-state index in [2.05, 4.69) is 25.5 Å². The van der Waals surface area contributed by atoms with E-state index < -0.39 is 38.3 Å². The van der Waals surface area contributed by atoms with E-state index in [0.717, 1.165) is 68.1 Å². The molecular weight excluding hydrogens is 647 g/mol. The van der Waals surface area contributed by atoms with Crippen LogP contribution >= 0.6 is 19.3 Å². The molecule has 5 rings (SSSR count). The average Bonchev–Trinajstić information content (AvgIpc) is 3.60. The van der Waals surface area contributed by atoms with Crippen LogP contribution in [0.5, 0.6) is 0 Å². The third-order valence-corrected chi connectivity index (χ3v) is 9.69. The zero-order chi connectivity index (χ0) is 33.4. The smallest absolute Gasteiger partial charge is 0.387 e. The number of ether oxygens (including phenoxy) is 1. The van der Waals surface area contributed by atoms with Gasteiger partial charge in [0.25, 0.3) is 0 Å². The van der Waals surface area contributed by atoms with Crippen LogP contribution in [-0.2, 0) is 19.4 Å². The lowest BCUT2D eigenvalue weighted by Gasteiger charge is -2.24. The topological polar surface area (TPSA) is 213 Å². The molecule has 3 aromatic heterocycles. The molecule has 4 aromatic rings. The molecule has 5 atom stereocenters. The molecule has 2 unspecified atom stereocenters. The molecule has 1 aliphatic rings. The van der Waals surface area contributed by atoms with E-state index in [1.807, 2.05) is 30.3 Å². The van der Waals surface area contributed by atoms with Crippen molar-refractivity contribution < 1.29 is 28.9 Å². The molecule has 0 bridgehead atoms. The molecule has 4 heterocycles. The fourth-order valence-electron chi connectivity index (χ4n) is 5.80. The molecule has 0 aliphatic carbocycles. The number of hydrogen-bond acceptors (Lipinski definition) is 11. The van der Waals surface area contributed by atoms with Crippen LogP contribution in [0.3, 0.4) is 0 Å². The second kappa shape index (κ2) is 15.7. The molecule has 14 nitrogen and oxygen atoms in total. The van der Waals surface area contributed by atoms with Gasteiger partial charge >= 0.3 is 7.75 Å². The van der Waals surface area contributed by atoms with Gasteiger partial charge in [-0.3, -0.25) is 9.51 Å². The standard InChI is InChI=1S/C31H40ClN8O6P/c32-21-9-10-22-23(13-16-36-24(22)17-21)35-14-7-5-3-1-2-4-6-8-15-39-47(43,44)45-18-26-28(41)29(42)31(19-33,46-26)27-12-11-25-30(34)37-20-38-40(25)27/h9-13,16-17,20,26,28-29,41-42H,1-8,14-15,18H2,(H,35,36)(H2,34,37,38)(H2,39,43,44)/t26?,28-,29-,31+/m1/s1. The van der Waals surface area contributed by atoms with Gasteiger partial charge in [0, 0.05) is 35.4 Å². The number of aliphatic hydroxyl groups excluding tert-OH is 2. The van der Waals surface area contributed by atoms with Crippen LogP contribution in [0, 0.1) is 11.3 Å². The number of nitrogens with one attached hydrogen (secondary N) is 2. The Balaban J connectivity index is 0.946. The zero-order valence-electron chi connectivity index (χ0n) is 25.8. The molecule has 7 N–H and O–H groups in total. The maximum atomic E-state index is 12.6. The lowest BCUT2D eigenvalue weighted by atomic mass is 9.92. The maximum Gasteiger partial charge on any atom is 0.403 e. The van der Waals surface area contributed by atoms with Crippen molar-refractivity contribution in [2.75, 3.05) is 30.7 Å². The summed E-state index contributed by atoms with van der Waals surface area (Å²) in [5, 5.41) is 43.3. The number of benzene rings is 1. The maximum absolute atomic E-state index is 12.6. The SMILES string of the molecule is N#C[C@@]1(c2ccc3c(N)ncnn23)OC(COP(=O)(O)NCCCCCCCCCCNc2ccnc3cc(Cl)ccc23)[C@@H](O)[C@H]1O. The Labute approximate surface area is 277 Å². The highest BCUT2D eigenvalue weighted by Crippen LogP contribution is 2.43. The quantitative estimate of drug-likeness (QED) is 0.0676. The number of nitrogens with two attached hydrogens (primary N) is 1. The number of halogens is 1. The van der Waals surface area contributed by atoms with Gasteiger partial charge in [0.2, 0.25) is 5.60 Å². The lowest BCUT2D eigenvalue weighted by molar-refractivity contribution is -0.0622. The van der Waals surface area contributed by atoms with Gasteiger partial charge in [-0.05, 0) is 49.2 Å². The third kappa shape index (κ3) is 8.20. The predicted molar refractivity (Wildman–Crippen MR) is 178 cm³/mol. The largest absolute Gasteiger partial charge is 0.403 e. The third-order valence-electron chi connectivity index (χ3n) is 8.34. The highest BCUT2D eigenvalue weighted by Gasteiger charge is 2.57. The number of anilines is 2. The Bertz CT molecular complexity index is 1750. The first-order valence-electron chi connectivity index (χ1n) is 15.7. The summed E-state index contributed by atoms with van der Waals surface area (Å²) in [6, 6.07) is 12.7. The van der Waals surface area contributed by atoms with Gasteiger partial charge in [-0.1, -0.05) is 50.1 Å². The molecule has 47 heavy (non-hydrogen) atoms. The number of aromatic nitrogens is 4. The summed E-state index contributed by atoms with van der Waals surface area (Å²) in [4.78, 5) is 18.5. The van der Waals surface area contributed by atoms with Crippen LogP contribution in [-0.4, -0.2) is 72.7 Å². The van der Waals surface area contributed by atoms with E-state index in [1.54, 1.807) is 12.3 Å². The highest BCUT2D eigenvalue weighted by atomic mass is 35.5. The Morgan fingerprint density at radius 2 is 1.79 bits per heavy atom. The second-order valence-electron chi connectivity index (χ2n) is 11.6. The van der Waals surface area contributed by atoms with Crippen molar-refractivity contribution >= 4 is 47.3 Å². The van der Waals surface area contributed by atoms with Crippen LogP contribution in [0.25, 0.3) is 16.4 Å². The van der Waals surface area contributed by atoms with E-state index in [4.69, 9.17) is 26.6 Å². The predicted octanol–water partition coefficient (Wildman–Crippen LogP) is 4.29. The fraction of sp³-hybridized carbons (Fsp3) is 0.484. The Hall–Kier alpha value is -3.38. The molecule has 1 fully saturated rings. The van der Waals surface area contributed by atoms with Crippen LogP contribution < -0.4 is 16.1 Å². The summed E-state index contributed by atoms with van der Waals surface area (Å²) in [5.41, 5.74) is 6.30. The number of nitriles is 1. The van der Waals surface area contributed by atoms with Gasteiger partial charge < -0.3 is 30.9 Å².